The summed E-state index contributed by atoms with van der Waals surface area (Å²) in [7, 11) is 2.17. The Kier molecular flexibility index (Phi) is 4.70. The van der Waals surface area contributed by atoms with Crippen molar-refractivity contribution in [1.82, 2.24) is 19.8 Å². The minimum Gasteiger partial charge on any atom is -0.462 e. The molecule has 2 heterocycles. The van der Waals surface area contributed by atoms with E-state index < -0.39 is 0 Å². The number of aromatic nitrogens is 2. The lowest BCUT2D eigenvalue weighted by Gasteiger charge is -2.19. The largest absolute Gasteiger partial charge is 0.462 e. The second-order valence-electron chi connectivity index (χ2n) is 5.76. The minimum atomic E-state index is 0.364. The molecule has 2 N–H and O–H groups in total. The number of fused-ring (bicyclic) bond motifs is 1. The van der Waals surface area contributed by atoms with Gasteiger partial charge in [-0.1, -0.05) is 12.1 Å². The fraction of sp³-hybridized carbons (Fsp3) is 0.500. The van der Waals surface area contributed by atoms with Crippen LogP contribution in [0.25, 0.3) is 10.9 Å². The summed E-state index contributed by atoms with van der Waals surface area (Å²) in [5, 5.41) is 0.866. The molecule has 0 amide bonds. The van der Waals surface area contributed by atoms with Crippen molar-refractivity contribution in [2.75, 3.05) is 52.1 Å². The summed E-state index contributed by atoms with van der Waals surface area (Å²) in [5.41, 5.74) is 6.78. The third-order valence-corrected chi connectivity index (χ3v) is 4.06. The second-order valence-corrected chi connectivity index (χ2v) is 5.76. The van der Waals surface area contributed by atoms with Gasteiger partial charge in [0.1, 0.15) is 12.4 Å². The van der Waals surface area contributed by atoms with Gasteiger partial charge in [0.05, 0.1) is 5.52 Å². The van der Waals surface area contributed by atoms with E-state index in [0.29, 0.717) is 18.4 Å². The first-order valence-corrected chi connectivity index (χ1v) is 7.78. The van der Waals surface area contributed by atoms with E-state index in [2.05, 4.69) is 26.8 Å². The summed E-state index contributed by atoms with van der Waals surface area (Å²) in [4.78, 5) is 13.4. The van der Waals surface area contributed by atoms with Gasteiger partial charge in [-0.25, -0.2) is 0 Å². The van der Waals surface area contributed by atoms with Gasteiger partial charge in [-0.05, 0) is 38.7 Å². The molecule has 3 rings (SSSR count). The molecule has 22 heavy (non-hydrogen) atoms. The molecule has 0 aliphatic carbocycles. The number of nitrogens with zero attached hydrogens (tertiary/aromatic N) is 4. The molecule has 6 heteroatoms. The first kappa shape index (κ1) is 15.0. The fourth-order valence-electron chi connectivity index (χ4n) is 2.73. The number of likely N-dealkylation sites (N-methyl/N-ethyl adjacent to an activating group) is 1. The Hall–Kier alpha value is -1.92. The normalized spacial score (nSPS) is 17.5. The Morgan fingerprint density at radius 3 is 2.91 bits per heavy atom. The molecular weight excluding hydrogens is 278 g/mol. The highest BCUT2D eigenvalue weighted by atomic mass is 16.5. The van der Waals surface area contributed by atoms with Crippen LogP contribution in [-0.4, -0.2) is 66.1 Å². The van der Waals surface area contributed by atoms with Crippen LogP contribution < -0.4 is 10.5 Å². The number of hydrogen-bond acceptors (Lipinski definition) is 6. The molecule has 2 aromatic rings. The van der Waals surface area contributed by atoms with E-state index in [4.69, 9.17) is 10.5 Å². The van der Waals surface area contributed by atoms with Crippen molar-refractivity contribution in [3.63, 3.8) is 0 Å². The number of nitrogen functional groups attached to an aromatic ring is 1. The van der Waals surface area contributed by atoms with Crippen LogP contribution in [0.3, 0.4) is 0 Å². The molecule has 1 saturated heterocycles. The molecule has 0 spiro atoms. The topological polar surface area (TPSA) is 67.5 Å². The summed E-state index contributed by atoms with van der Waals surface area (Å²) >= 11 is 0. The quantitative estimate of drug-likeness (QED) is 0.916. The predicted molar refractivity (Wildman–Crippen MR) is 88.0 cm³/mol. The van der Waals surface area contributed by atoms with E-state index in [1.54, 1.807) is 0 Å². The molecule has 1 fully saturated rings. The van der Waals surface area contributed by atoms with Crippen molar-refractivity contribution in [3.05, 3.63) is 24.3 Å². The molecular formula is C16H23N5O. The maximum atomic E-state index is 5.96. The maximum absolute atomic E-state index is 5.96. The Morgan fingerprint density at radius 2 is 2.00 bits per heavy atom. The second kappa shape index (κ2) is 6.89. The lowest BCUT2D eigenvalue weighted by atomic mass is 10.2. The van der Waals surface area contributed by atoms with Gasteiger partial charge in [-0.3, -0.25) is 4.90 Å². The van der Waals surface area contributed by atoms with E-state index in [0.717, 1.165) is 37.1 Å². The van der Waals surface area contributed by atoms with Gasteiger partial charge in [0.2, 0.25) is 0 Å². The van der Waals surface area contributed by atoms with Crippen LogP contribution in [0.2, 0.25) is 0 Å². The van der Waals surface area contributed by atoms with Gasteiger partial charge in [-0.2, -0.15) is 9.97 Å². The average Bonchev–Trinajstić information content (AvgIpc) is 2.72. The molecule has 6 nitrogen and oxygen atoms in total. The number of rotatable bonds is 4. The lowest BCUT2D eigenvalue weighted by Crippen LogP contribution is -2.32. The molecule has 1 aromatic heterocycles. The number of benzene rings is 1. The Balaban J connectivity index is 1.57. The molecule has 0 radical (unpaired) electrons. The predicted octanol–water partition coefficient (Wildman–Crippen LogP) is 1.23. The lowest BCUT2D eigenvalue weighted by molar-refractivity contribution is 0.204. The summed E-state index contributed by atoms with van der Waals surface area (Å²) in [6, 6.07) is 8.07. The van der Waals surface area contributed by atoms with Crippen LogP contribution in [0.15, 0.2) is 24.3 Å². The highest BCUT2D eigenvalue weighted by Gasteiger charge is 2.12. The Labute approximate surface area is 130 Å². The molecule has 0 saturated carbocycles. The van der Waals surface area contributed by atoms with Crippen LogP contribution in [0.4, 0.5) is 5.82 Å². The SMILES string of the molecule is CN1CCCN(CCOc2nc(N)c3ccccc3n2)CC1. The van der Waals surface area contributed by atoms with Crippen molar-refractivity contribution in [1.29, 1.82) is 0 Å². The highest BCUT2D eigenvalue weighted by Crippen LogP contribution is 2.19. The molecule has 1 aliphatic heterocycles. The van der Waals surface area contributed by atoms with Crippen molar-refractivity contribution in [2.24, 2.45) is 0 Å². The van der Waals surface area contributed by atoms with Gasteiger partial charge >= 0.3 is 6.01 Å². The Morgan fingerprint density at radius 1 is 1.14 bits per heavy atom. The van der Waals surface area contributed by atoms with E-state index in [1.165, 1.54) is 13.0 Å². The zero-order valence-corrected chi connectivity index (χ0v) is 13.0. The zero-order valence-electron chi connectivity index (χ0n) is 13.0. The standard InChI is InChI=1S/C16H23N5O/c1-20-7-4-8-21(10-9-20)11-12-22-16-18-14-6-3-2-5-13(14)15(17)19-16/h2-3,5-6H,4,7-12H2,1H3,(H2,17,18,19). The van der Waals surface area contributed by atoms with Crippen LogP contribution in [0.1, 0.15) is 6.42 Å². The van der Waals surface area contributed by atoms with Crippen molar-refractivity contribution in [3.8, 4) is 6.01 Å². The van der Waals surface area contributed by atoms with Crippen molar-refractivity contribution in [2.45, 2.75) is 6.42 Å². The Bertz CT molecular complexity index is 633. The fourth-order valence-corrected chi connectivity index (χ4v) is 2.73. The number of nitrogens with two attached hydrogens (primary N) is 1. The van der Waals surface area contributed by atoms with Crippen LogP contribution in [0, 0.1) is 0 Å². The maximum Gasteiger partial charge on any atom is 0.318 e. The van der Waals surface area contributed by atoms with Gasteiger partial charge < -0.3 is 15.4 Å². The first-order chi connectivity index (χ1) is 10.7. The van der Waals surface area contributed by atoms with Gasteiger partial charge in [0, 0.05) is 25.0 Å². The van der Waals surface area contributed by atoms with Gasteiger partial charge in [0.25, 0.3) is 0 Å². The molecule has 1 aromatic carbocycles. The van der Waals surface area contributed by atoms with Gasteiger partial charge in [0.15, 0.2) is 0 Å². The monoisotopic (exact) mass is 301 g/mol. The number of para-hydroxylation sites is 1. The number of hydrogen-bond donors (Lipinski definition) is 1. The van der Waals surface area contributed by atoms with E-state index in [1.807, 2.05) is 24.3 Å². The van der Waals surface area contributed by atoms with Crippen molar-refractivity contribution < 1.29 is 4.74 Å². The zero-order chi connectivity index (χ0) is 15.4. The van der Waals surface area contributed by atoms with E-state index in [-0.39, 0.29) is 0 Å². The van der Waals surface area contributed by atoms with E-state index >= 15 is 0 Å². The molecule has 118 valence electrons. The molecule has 0 bridgehead atoms. The number of anilines is 1. The summed E-state index contributed by atoms with van der Waals surface area (Å²) in [5.74, 6) is 0.469. The summed E-state index contributed by atoms with van der Waals surface area (Å²) in [6.07, 6.45) is 1.20. The first-order valence-electron chi connectivity index (χ1n) is 7.78. The number of ether oxygens (including phenoxy) is 1. The van der Waals surface area contributed by atoms with Crippen LogP contribution >= 0.6 is 0 Å². The third kappa shape index (κ3) is 3.64. The minimum absolute atomic E-state index is 0.364. The smallest absolute Gasteiger partial charge is 0.318 e. The van der Waals surface area contributed by atoms with Crippen molar-refractivity contribution >= 4 is 16.7 Å². The van der Waals surface area contributed by atoms with E-state index in [9.17, 15) is 0 Å². The van der Waals surface area contributed by atoms with Crippen LogP contribution in [0.5, 0.6) is 6.01 Å². The average molecular weight is 301 g/mol. The van der Waals surface area contributed by atoms with Gasteiger partial charge in [-0.15, -0.1) is 0 Å². The summed E-state index contributed by atoms with van der Waals surface area (Å²) < 4.78 is 5.71. The molecule has 1 aliphatic rings. The molecule has 0 unspecified atom stereocenters. The summed E-state index contributed by atoms with van der Waals surface area (Å²) in [6.45, 7) is 5.96. The molecule has 0 atom stereocenters. The highest BCUT2D eigenvalue weighted by molar-refractivity contribution is 5.88. The third-order valence-electron chi connectivity index (χ3n) is 4.06. The van der Waals surface area contributed by atoms with Crippen LogP contribution in [-0.2, 0) is 0 Å².